The Morgan fingerprint density at radius 1 is 1.32 bits per heavy atom. The highest BCUT2D eigenvalue weighted by atomic mass is 32.1. The smallest absolute Gasteiger partial charge is 0.157 e. The van der Waals surface area contributed by atoms with Crippen molar-refractivity contribution in [1.82, 2.24) is 4.37 Å². The van der Waals surface area contributed by atoms with Gasteiger partial charge in [-0.05, 0) is 54.2 Å². The van der Waals surface area contributed by atoms with Gasteiger partial charge in [0.2, 0.25) is 0 Å². The topological polar surface area (TPSA) is 80.4 Å². The molecule has 0 fully saturated rings. The van der Waals surface area contributed by atoms with Gasteiger partial charge < -0.3 is 20.9 Å². The second-order valence-corrected chi connectivity index (χ2v) is 6.28. The normalized spacial score (nSPS) is 13.8. The van der Waals surface area contributed by atoms with E-state index in [2.05, 4.69) is 28.7 Å². The minimum Gasteiger partial charge on any atom is -0.504 e. The van der Waals surface area contributed by atoms with E-state index in [-0.39, 0.29) is 5.76 Å². The van der Waals surface area contributed by atoms with Crippen LogP contribution in [0.3, 0.4) is 0 Å². The second kappa shape index (κ2) is 9.86. The molecule has 1 heterocycles. The quantitative estimate of drug-likeness (QED) is 0.739. The summed E-state index contributed by atoms with van der Waals surface area (Å²) in [6, 6.07) is 8.30. The van der Waals surface area contributed by atoms with Crippen LogP contribution >= 0.6 is 11.5 Å². The Labute approximate surface area is 152 Å². The fraction of sp³-hybridized carbons (Fsp3) is 0.316. The Kier molecular flexibility index (Phi) is 7.50. The Balaban J connectivity index is 0.000000181. The molecule has 4 N–H and O–H groups in total. The number of nitrogens with zero attached hydrogens (tertiary/aromatic N) is 1. The van der Waals surface area contributed by atoms with Crippen LogP contribution in [0.4, 0.5) is 5.82 Å². The molecule has 1 aromatic carbocycles. The molecule has 6 heteroatoms. The van der Waals surface area contributed by atoms with Crippen LogP contribution in [0.2, 0.25) is 0 Å². The lowest BCUT2D eigenvalue weighted by Crippen LogP contribution is -2.01. The highest BCUT2D eigenvalue weighted by molar-refractivity contribution is 7.13. The van der Waals surface area contributed by atoms with Crippen LogP contribution in [-0.2, 0) is 4.74 Å². The Hall–Kier alpha value is -2.31. The van der Waals surface area contributed by atoms with Crippen molar-refractivity contribution in [2.75, 3.05) is 25.5 Å². The van der Waals surface area contributed by atoms with Crippen molar-refractivity contribution in [3.8, 4) is 0 Å². The molecule has 134 valence electrons. The maximum Gasteiger partial charge on any atom is 0.157 e. The predicted octanol–water partition coefficient (Wildman–Crippen LogP) is 4.37. The molecule has 0 atom stereocenters. The van der Waals surface area contributed by atoms with E-state index in [9.17, 15) is 5.11 Å². The lowest BCUT2D eigenvalue weighted by atomic mass is 10.2. The number of allylic oxidation sites excluding steroid dienone is 2. The third kappa shape index (κ3) is 5.34. The van der Waals surface area contributed by atoms with Crippen molar-refractivity contribution in [2.24, 2.45) is 5.73 Å². The zero-order valence-corrected chi connectivity index (χ0v) is 15.5. The van der Waals surface area contributed by atoms with E-state index in [0.29, 0.717) is 12.3 Å². The van der Waals surface area contributed by atoms with Gasteiger partial charge in [0.25, 0.3) is 0 Å². The van der Waals surface area contributed by atoms with Gasteiger partial charge in [-0.15, -0.1) is 0 Å². The highest BCUT2D eigenvalue weighted by Crippen LogP contribution is 2.25. The number of hydrogen-bond acceptors (Lipinski definition) is 6. The average Bonchev–Trinajstić information content (AvgIpc) is 2.96. The number of aliphatic hydroxyl groups excluding tert-OH is 1. The molecular weight excluding hydrogens is 334 g/mol. The van der Waals surface area contributed by atoms with Gasteiger partial charge in [-0.25, -0.2) is 0 Å². The monoisotopic (exact) mass is 359 g/mol. The van der Waals surface area contributed by atoms with Gasteiger partial charge in [0.05, 0.1) is 11.8 Å². The summed E-state index contributed by atoms with van der Waals surface area (Å²) in [7, 11) is 1.53. The fourth-order valence-corrected chi connectivity index (χ4v) is 3.07. The van der Waals surface area contributed by atoms with Crippen LogP contribution in [0.15, 0.2) is 59.6 Å². The molecule has 2 aromatic rings. The lowest BCUT2D eigenvalue weighted by Gasteiger charge is -2.02. The van der Waals surface area contributed by atoms with E-state index < -0.39 is 0 Å². The van der Waals surface area contributed by atoms with E-state index in [0.717, 1.165) is 30.8 Å². The molecule has 1 aromatic heterocycles. The number of hydrogen-bond donors (Lipinski definition) is 3. The number of aromatic nitrogens is 1. The zero-order valence-electron chi connectivity index (χ0n) is 14.7. The van der Waals surface area contributed by atoms with Crippen molar-refractivity contribution in [3.05, 3.63) is 59.6 Å². The molecule has 0 unspecified atom stereocenters. The van der Waals surface area contributed by atoms with Gasteiger partial charge in [-0.2, -0.15) is 4.37 Å². The van der Waals surface area contributed by atoms with Crippen LogP contribution < -0.4 is 11.1 Å². The Morgan fingerprint density at radius 3 is 2.84 bits per heavy atom. The summed E-state index contributed by atoms with van der Waals surface area (Å²) in [4.78, 5) is 0. The first-order chi connectivity index (χ1) is 12.2. The maximum absolute atomic E-state index is 9.42. The van der Waals surface area contributed by atoms with Crippen molar-refractivity contribution < 1.29 is 9.84 Å². The van der Waals surface area contributed by atoms with Gasteiger partial charge in [-0.3, -0.25) is 0 Å². The minimum atomic E-state index is 0.145. The van der Waals surface area contributed by atoms with Crippen molar-refractivity contribution in [2.45, 2.75) is 19.8 Å². The van der Waals surface area contributed by atoms with Crippen molar-refractivity contribution in [1.29, 1.82) is 0 Å². The summed E-state index contributed by atoms with van der Waals surface area (Å²) in [6.07, 6.45) is 7.28. The first-order valence-electron chi connectivity index (χ1n) is 8.32. The van der Waals surface area contributed by atoms with Crippen molar-refractivity contribution >= 4 is 27.4 Å². The number of fused-ring (bicyclic) bond motifs is 1. The summed E-state index contributed by atoms with van der Waals surface area (Å²) < 4.78 is 10.6. The van der Waals surface area contributed by atoms with E-state index in [1.54, 1.807) is 17.6 Å². The molecule has 0 bridgehead atoms. The van der Waals surface area contributed by atoms with Crippen LogP contribution in [-0.4, -0.2) is 29.7 Å². The molecule has 1 aliphatic carbocycles. The van der Waals surface area contributed by atoms with Gasteiger partial charge in [-0.1, -0.05) is 25.1 Å². The molecule has 1 aliphatic rings. The summed E-state index contributed by atoms with van der Waals surface area (Å²) in [6.45, 7) is 3.59. The summed E-state index contributed by atoms with van der Waals surface area (Å²) in [5, 5.41) is 14.0. The van der Waals surface area contributed by atoms with E-state index in [1.165, 1.54) is 17.2 Å². The second-order valence-electron chi connectivity index (χ2n) is 5.48. The number of benzene rings is 1. The average molecular weight is 359 g/mol. The summed E-state index contributed by atoms with van der Waals surface area (Å²) >= 11 is 1.55. The van der Waals surface area contributed by atoms with E-state index in [4.69, 9.17) is 10.5 Å². The molecule has 5 nitrogen and oxygen atoms in total. The number of ether oxygens (including phenoxy) is 1. The van der Waals surface area contributed by atoms with Crippen molar-refractivity contribution in [3.63, 3.8) is 0 Å². The van der Waals surface area contributed by atoms with Crippen LogP contribution in [0, 0.1) is 0 Å². The van der Waals surface area contributed by atoms with E-state index >= 15 is 0 Å². The molecule has 0 radical (unpaired) electrons. The van der Waals surface area contributed by atoms with Gasteiger partial charge in [0.1, 0.15) is 5.82 Å². The van der Waals surface area contributed by atoms with Crippen LogP contribution in [0.25, 0.3) is 10.1 Å². The third-order valence-corrected chi connectivity index (χ3v) is 4.46. The van der Waals surface area contributed by atoms with Gasteiger partial charge in [0, 0.05) is 18.5 Å². The summed E-state index contributed by atoms with van der Waals surface area (Å²) in [5.41, 5.74) is 6.36. The standard InChI is InChI=1S/C10H12N2S.C9H13NO2/c1-2-7-11-10-8-5-3-4-6-9(8)13-12-10;1-12-9-4-2-3-7(6-10)5-8(9)11/h3-6H,2,7H2,1H3,(H,11,12);3-5,11H,2,6,10H2,1H3. The molecule has 25 heavy (non-hydrogen) atoms. The molecule has 0 amide bonds. The number of rotatable bonds is 5. The molecule has 3 rings (SSSR count). The number of methoxy groups -OCH3 is 1. The zero-order chi connectivity index (χ0) is 18.1. The molecular formula is C19H25N3O2S. The largest absolute Gasteiger partial charge is 0.504 e. The predicted molar refractivity (Wildman–Crippen MR) is 106 cm³/mol. The molecule has 0 aliphatic heterocycles. The first-order valence-corrected chi connectivity index (χ1v) is 9.09. The Morgan fingerprint density at radius 2 is 2.12 bits per heavy atom. The van der Waals surface area contributed by atoms with Crippen LogP contribution in [0.1, 0.15) is 19.8 Å². The number of aliphatic hydroxyl groups is 1. The SMILES string of the molecule is CCCNc1nsc2ccccc12.COC1=CCC=C(CN)C=C1O. The number of anilines is 1. The third-order valence-electron chi connectivity index (χ3n) is 3.63. The fourth-order valence-electron chi connectivity index (χ4n) is 2.31. The number of nitrogens with two attached hydrogens (primary N) is 1. The highest BCUT2D eigenvalue weighted by Gasteiger charge is 2.06. The number of nitrogens with one attached hydrogen (secondary N) is 1. The minimum absolute atomic E-state index is 0.145. The van der Waals surface area contributed by atoms with E-state index in [1.807, 2.05) is 24.3 Å². The molecule has 0 saturated heterocycles. The van der Waals surface area contributed by atoms with Gasteiger partial charge >= 0.3 is 0 Å². The molecule has 0 spiro atoms. The first kappa shape index (κ1) is 19.0. The Bertz CT molecular complexity index is 778. The van der Waals surface area contributed by atoms with Gasteiger partial charge in [0.15, 0.2) is 11.5 Å². The summed E-state index contributed by atoms with van der Waals surface area (Å²) in [5.74, 6) is 1.68. The maximum atomic E-state index is 9.42. The lowest BCUT2D eigenvalue weighted by molar-refractivity contribution is 0.255. The van der Waals surface area contributed by atoms with Crippen LogP contribution in [0.5, 0.6) is 0 Å². The molecule has 0 saturated carbocycles.